The molecule has 0 spiro atoms. The lowest BCUT2D eigenvalue weighted by molar-refractivity contribution is 0.427. The molecule has 0 atom stereocenters. The SMILES string of the molecule is CCC(CC)NCc1occc1C. The Bertz CT molecular complexity index is 238. The molecule has 1 aromatic rings. The summed E-state index contributed by atoms with van der Waals surface area (Å²) in [7, 11) is 0. The molecular weight excluding hydrogens is 162 g/mol. The molecule has 0 saturated heterocycles. The lowest BCUT2D eigenvalue weighted by atomic mass is 10.1. The highest BCUT2D eigenvalue weighted by Crippen LogP contribution is 2.09. The third-order valence-corrected chi connectivity index (χ3v) is 2.51. The molecule has 1 heterocycles. The van der Waals surface area contributed by atoms with E-state index in [0.29, 0.717) is 6.04 Å². The molecule has 74 valence electrons. The Morgan fingerprint density at radius 3 is 2.54 bits per heavy atom. The highest BCUT2D eigenvalue weighted by atomic mass is 16.3. The van der Waals surface area contributed by atoms with Crippen molar-refractivity contribution in [1.82, 2.24) is 5.32 Å². The topological polar surface area (TPSA) is 25.2 Å². The number of furan rings is 1. The van der Waals surface area contributed by atoms with Crippen molar-refractivity contribution >= 4 is 0 Å². The fourth-order valence-corrected chi connectivity index (χ4v) is 1.40. The van der Waals surface area contributed by atoms with E-state index >= 15 is 0 Å². The molecule has 0 amide bonds. The number of hydrogen-bond donors (Lipinski definition) is 1. The average molecular weight is 181 g/mol. The molecule has 0 aliphatic rings. The van der Waals surface area contributed by atoms with Gasteiger partial charge in [-0.25, -0.2) is 0 Å². The second kappa shape index (κ2) is 5.07. The van der Waals surface area contributed by atoms with Gasteiger partial charge in [0, 0.05) is 6.04 Å². The van der Waals surface area contributed by atoms with Gasteiger partial charge in [0.05, 0.1) is 12.8 Å². The van der Waals surface area contributed by atoms with Crippen molar-refractivity contribution in [3.8, 4) is 0 Å². The Labute approximate surface area is 80.3 Å². The zero-order valence-corrected chi connectivity index (χ0v) is 8.76. The molecular formula is C11H19NO. The van der Waals surface area contributed by atoms with Crippen LogP contribution in [0.4, 0.5) is 0 Å². The lowest BCUT2D eigenvalue weighted by Crippen LogP contribution is -2.27. The van der Waals surface area contributed by atoms with Crippen LogP contribution >= 0.6 is 0 Å². The van der Waals surface area contributed by atoms with Gasteiger partial charge >= 0.3 is 0 Å². The molecule has 0 radical (unpaired) electrons. The minimum absolute atomic E-state index is 0.615. The molecule has 0 fully saturated rings. The first-order valence-electron chi connectivity index (χ1n) is 5.04. The molecule has 0 aliphatic carbocycles. The third-order valence-electron chi connectivity index (χ3n) is 2.51. The summed E-state index contributed by atoms with van der Waals surface area (Å²) >= 11 is 0. The Hall–Kier alpha value is -0.760. The summed E-state index contributed by atoms with van der Waals surface area (Å²) < 4.78 is 5.34. The third kappa shape index (κ3) is 2.88. The molecule has 13 heavy (non-hydrogen) atoms. The average Bonchev–Trinajstić information content (AvgIpc) is 2.54. The Morgan fingerprint density at radius 2 is 2.08 bits per heavy atom. The summed E-state index contributed by atoms with van der Waals surface area (Å²) in [6.07, 6.45) is 4.10. The van der Waals surface area contributed by atoms with E-state index in [1.165, 1.54) is 18.4 Å². The van der Waals surface area contributed by atoms with Gasteiger partial charge in [-0.2, -0.15) is 0 Å². The van der Waals surface area contributed by atoms with E-state index in [1.807, 2.05) is 6.07 Å². The normalized spacial score (nSPS) is 11.1. The Kier molecular flexibility index (Phi) is 4.03. The minimum Gasteiger partial charge on any atom is -0.468 e. The number of rotatable bonds is 5. The molecule has 0 unspecified atom stereocenters. The van der Waals surface area contributed by atoms with Crippen LogP contribution in [0.1, 0.15) is 38.0 Å². The summed E-state index contributed by atoms with van der Waals surface area (Å²) in [5, 5.41) is 3.47. The van der Waals surface area contributed by atoms with Gasteiger partial charge in [0.2, 0.25) is 0 Å². The van der Waals surface area contributed by atoms with Crippen LogP contribution in [0.2, 0.25) is 0 Å². The van der Waals surface area contributed by atoms with Gasteiger partial charge < -0.3 is 9.73 Å². The quantitative estimate of drug-likeness (QED) is 0.755. The van der Waals surface area contributed by atoms with Crippen LogP contribution in [0.5, 0.6) is 0 Å². The number of hydrogen-bond acceptors (Lipinski definition) is 2. The summed E-state index contributed by atoms with van der Waals surface area (Å²) in [6.45, 7) is 7.34. The van der Waals surface area contributed by atoms with E-state index in [-0.39, 0.29) is 0 Å². The van der Waals surface area contributed by atoms with E-state index in [0.717, 1.165) is 12.3 Å². The zero-order chi connectivity index (χ0) is 9.68. The van der Waals surface area contributed by atoms with Gasteiger partial charge in [-0.05, 0) is 31.4 Å². The van der Waals surface area contributed by atoms with Crippen molar-refractivity contribution < 1.29 is 4.42 Å². The van der Waals surface area contributed by atoms with Crippen LogP contribution in [-0.2, 0) is 6.54 Å². The molecule has 2 heteroatoms. The summed E-state index contributed by atoms with van der Waals surface area (Å²) in [5.74, 6) is 1.06. The van der Waals surface area contributed by atoms with E-state index in [4.69, 9.17) is 4.42 Å². The van der Waals surface area contributed by atoms with Crippen LogP contribution in [0, 0.1) is 6.92 Å². The largest absolute Gasteiger partial charge is 0.468 e. The minimum atomic E-state index is 0.615. The van der Waals surface area contributed by atoms with Crippen molar-refractivity contribution in [2.24, 2.45) is 0 Å². The van der Waals surface area contributed by atoms with Crippen molar-refractivity contribution in [2.45, 2.75) is 46.2 Å². The van der Waals surface area contributed by atoms with Gasteiger partial charge in [0.1, 0.15) is 5.76 Å². The second-order valence-corrected chi connectivity index (χ2v) is 3.42. The van der Waals surface area contributed by atoms with Crippen molar-refractivity contribution in [1.29, 1.82) is 0 Å². The first kappa shape index (κ1) is 10.3. The summed E-state index contributed by atoms with van der Waals surface area (Å²) in [4.78, 5) is 0. The summed E-state index contributed by atoms with van der Waals surface area (Å²) in [6, 6.07) is 2.62. The lowest BCUT2D eigenvalue weighted by Gasteiger charge is -2.13. The maximum Gasteiger partial charge on any atom is 0.120 e. The maximum atomic E-state index is 5.34. The molecule has 1 N–H and O–H groups in total. The van der Waals surface area contributed by atoms with Crippen LogP contribution in [0.3, 0.4) is 0 Å². The van der Waals surface area contributed by atoms with E-state index < -0.39 is 0 Å². The van der Waals surface area contributed by atoms with Crippen LogP contribution in [0.25, 0.3) is 0 Å². The van der Waals surface area contributed by atoms with Crippen LogP contribution in [0.15, 0.2) is 16.7 Å². The number of nitrogens with one attached hydrogen (secondary N) is 1. The predicted molar refractivity (Wildman–Crippen MR) is 54.7 cm³/mol. The van der Waals surface area contributed by atoms with E-state index in [2.05, 4.69) is 26.1 Å². The van der Waals surface area contributed by atoms with Crippen LogP contribution < -0.4 is 5.32 Å². The zero-order valence-electron chi connectivity index (χ0n) is 8.76. The van der Waals surface area contributed by atoms with Crippen molar-refractivity contribution in [2.75, 3.05) is 0 Å². The van der Waals surface area contributed by atoms with Gasteiger partial charge in [0.25, 0.3) is 0 Å². The predicted octanol–water partition coefficient (Wildman–Crippen LogP) is 2.87. The molecule has 1 aromatic heterocycles. The van der Waals surface area contributed by atoms with E-state index in [1.54, 1.807) is 6.26 Å². The van der Waals surface area contributed by atoms with Gasteiger partial charge in [-0.15, -0.1) is 0 Å². The first-order valence-corrected chi connectivity index (χ1v) is 5.04. The fraction of sp³-hybridized carbons (Fsp3) is 0.636. The molecule has 0 bridgehead atoms. The highest BCUT2D eigenvalue weighted by molar-refractivity contribution is 5.14. The number of aryl methyl sites for hydroxylation is 1. The monoisotopic (exact) mass is 181 g/mol. The maximum absolute atomic E-state index is 5.34. The van der Waals surface area contributed by atoms with Gasteiger partial charge in [-0.1, -0.05) is 13.8 Å². The fourth-order valence-electron chi connectivity index (χ4n) is 1.40. The first-order chi connectivity index (χ1) is 6.27. The molecule has 0 saturated carbocycles. The van der Waals surface area contributed by atoms with Crippen molar-refractivity contribution in [3.05, 3.63) is 23.7 Å². The Balaban J connectivity index is 2.38. The molecule has 0 aliphatic heterocycles. The second-order valence-electron chi connectivity index (χ2n) is 3.42. The molecule has 0 aromatic carbocycles. The van der Waals surface area contributed by atoms with Crippen molar-refractivity contribution in [3.63, 3.8) is 0 Å². The standard InChI is InChI=1S/C11H19NO/c1-4-10(5-2)12-8-11-9(3)6-7-13-11/h6-7,10,12H,4-5,8H2,1-3H3. The Morgan fingerprint density at radius 1 is 1.38 bits per heavy atom. The van der Waals surface area contributed by atoms with Gasteiger partial charge in [-0.3, -0.25) is 0 Å². The molecule has 2 nitrogen and oxygen atoms in total. The van der Waals surface area contributed by atoms with E-state index in [9.17, 15) is 0 Å². The van der Waals surface area contributed by atoms with Crippen LogP contribution in [-0.4, -0.2) is 6.04 Å². The summed E-state index contributed by atoms with van der Waals surface area (Å²) in [5.41, 5.74) is 1.23. The molecule has 1 rings (SSSR count). The smallest absolute Gasteiger partial charge is 0.120 e. The highest BCUT2D eigenvalue weighted by Gasteiger charge is 2.05. The van der Waals surface area contributed by atoms with Gasteiger partial charge in [0.15, 0.2) is 0 Å².